The van der Waals surface area contributed by atoms with Crippen molar-refractivity contribution in [3.05, 3.63) is 0 Å². The highest BCUT2D eigenvalue weighted by molar-refractivity contribution is 7.91. The molecule has 0 heterocycles. The molecular formula is C13H25NO3S. The minimum absolute atomic E-state index is 0.0258. The Morgan fingerprint density at radius 3 is 2.50 bits per heavy atom. The Kier molecular flexibility index (Phi) is 4.34. The second kappa shape index (κ2) is 5.47. The molecule has 0 spiro atoms. The lowest BCUT2D eigenvalue weighted by atomic mass is 9.79. The van der Waals surface area contributed by atoms with Crippen LogP contribution in [0.1, 0.15) is 44.9 Å². The zero-order chi connectivity index (χ0) is 13.2. The number of methoxy groups -OCH3 is 1. The Morgan fingerprint density at radius 2 is 2.00 bits per heavy atom. The third-order valence-electron chi connectivity index (χ3n) is 4.64. The third-order valence-corrected chi connectivity index (χ3v) is 6.28. The van der Waals surface area contributed by atoms with Crippen LogP contribution in [0.5, 0.6) is 0 Å². The summed E-state index contributed by atoms with van der Waals surface area (Å²) in [4.78, 5) is 0. The highest BCUT2D eigenvalue weighted by atomic mass is 32.2. The second-order valence-electron chi connectivity index (χ2n) is 5.94. The van der Waals surface area contributed by atoms with E-state index >= 15 is 0 Å². The molecule has 0 radical (unpaired) electrons. The van der Waals surface area contributed by atoms with E-state index in [0.717, 1.165) is 45.1 Å². The van der Waals surface area contributed by atoms with E-state index < -0.39 is 9.84 Å². The van der Waals surface area contributed by atoms with Crippen molar-refractivity contribution in [2.45, 2.75) is 61.8 Å². The first-order valence-corrected chi connectivity index (χ1v) is 8.88. The summed E-state index contributed by atoms with van der Waals surface area (Å²) in [6.07, 6.45) is 8.54. The van der Waals surface area contributed by atoms with Gasteiger partial charge in [0.1, 0.15) is 9.84 Å². The average molecular weight is 275 g/mol. The standard InChI is InChI=1S/C13H25NO3S/c1-17-13(7-4-8-13)10-14-11-5-3-6-12(9-11)18(2,15)16/h11-12,14H,3-10H2,1-2H3. The molecule has 5 heteroatoms. The van der Waals surface area contributed by atoms with Crippen molar-refractivity contribution in [3.8, 4) is 0 Å². The van der Waals surface area contributed by atoms with Crippen molar-refractivity contribution in [1.29, 1.82) is 0 Å². The van der Waals surface area contributed by atoms with Crippen molar-refractivity contribution >= 4 is 9.84 Å². The summed E-state index contributed by atoms with van der Waals surface area (Å²) in [6.45, 7) is 0.866. The average Bonchev–Trinajstić information content (AvgIpc) is 2.27. The molecule has 0 aromatic heterocycles. The number of ether oxygens (including phenoxy) is 1. The highest BCUT2D eigenvalue weighted by Crippen LogP contribution is 2.35. The van der Waals surface area contributed by atoms with Gasteiger partial charge in [0.25, 0.3) is 0 Å². The SMILES string of the molecule is COC1(CNC2CCCC(S(C)(=O)=O)C2)CCC1. The normalized spacial score (nSPS) is 31.9. The van der Waals surface area contributed by atoms with Crippen LogP contribution in [0, 0.1) is 0 Å². The van der Waals surface area contributed by atoms with Gasteiger partial charge in [0.15, 0.2) is 0 Å². The lowest BCUT2D eigenvalue weighted by Gasteiger charge is -2.42. The molecule has 2 unspecified atom stereocenters. The van der Waals surface area contributed by atoms with Crippen LogP contribution < -0.4 is 5.32 Å². The molecule has 1 N–H and O–H groups in total. The van der Waals surface area contributed by atoms with E-state index in [1.807, 2.05) is 0 Å². The molecule has 0 aromatic rings. The van der Waals surface area contributed by atoms with Crippen LogP contribution in [-0.4, -0.2) is 45.2 Å². The van der Waals surface area contributed by atoms with Crippen molar-refractivity contribution in [2.75, 3.05) is 19.9 Å². The van der Waals surface area contributed by atoms with Gasteiger partial charge >= 0.3 is 0 Å². The third kappa shape index (κ3) is 3.25. The molecule has 2 aliphatic carbocycles. The topological polar surface area (TPSA) is 55.4 Å². The molecule has 0 aromatic carbocycles. The van der Waals surface area contributed by atoms with Gasteiger partial charge in [0.2, 0.25) is 0 Å². The van der Waals surface area contributed by atoms with Gasteiger partial charge in [-0.1, -0.05) is 6.42 Å². The summed E-state index contributed by atoms with van der Waals surface area (Å²) in [7, 11) is -1.10. The van der Waals surface area contributed by atoms with Crippen LogP contribution in [0.3, 0.4) is 0 Å². The van der Waals surface area contributed by atoms with Crippen LogP contribution in [0.25, 0.3) is 0 Å². The number of sulfone groups is 1. The van der Waals surface area contributed by atoms with Crippen LogP contribution in [-0.2, 0) is 14.6 Å². The van der Waals surface area contributed by atoms with Crippen LogP contribution in [0.2, 0.25) is 0 Å². The van der Waals surface area contributed by atoms with Gasteiger partial charge in [-0.15, -0.1) is 0 Å². The molecule has 2 aliphatic rings. The van der Waals surface area contributed by atoms with E-state index in [9.17, 15) is 8.42 Å². The highest BCUT2D eigenvalue weighted by Gasteiger charge is 2.38. The molecule has 2 saturated carbocycles. The van der Waals surface area contributed by atoms with Gasteiger partial charge in [0, 0.05) is 26.0 Å². The summed E-state index contributed by atoms with van der Waals surface area (Å²) in [5.74, 6) is 0. The Morgan fingerprint density at radius 1 is 1.28 bits per heavy atom. The van der Waals surface area contributed by atoms with E-state index in [1.54, 1.807) is 7.11 Å². The summed E-state index contributed by atoms with van der Waals surface area (Å²) in [5, 5.41) is 3.38. The molecule has 106 valence electrons. The molecule has 0 aliphatic heterocycles. The second-order valence-corrected chi connectivity index (χ2v) is 8.26. The molecular weight excluding hydrogens is 250 g/mol. The molecule has 0 amide bonds. The summed E-state index contributed by atoms with van der Waals surface area (Å²) < 4.78 is 28.8. The smallest absolute Gasteiger partial charge is 0.150 e. The van der Waals surface area contributed by atoms with Crippen molar-refractivity contribution < 1.29 is 13.2 Å². The number of rotatable bonds is 5. The largest absolute Gasteiger partial charge is 0.377 e. The lowest BCUT2D eigenvalue weighted by molar-refractivity contribution is -0.0713. The zero-order valence-electron chi connectivity index (χ0n) is 11.4. The van der Waals surface area contributed by atoms with Gasteiger partial charge < -0.3 is 10.1 Å². The van der Waals surface area contributed by atoms with E-state index in [1.165, 1.54) is 12.7 Å². The zero-order valence-corrected chi connectivity index (χ0v) is 12.3. The van der Waals surface area contributed by atoms with Gasteiger partial charge in [-0.05, 0) is 38.5 Å². The minimum Gasteiger partial charge on any atom is -0.377 e. The number of nitrogens with one attached hydrogen (secondary N) is 1. The summed E-state index contributed by atoms with van der Waals surface area (Å²) >= 11 is 0. The first-order valence-electron chi connectivity index (χ1n) is 6.93. The van der Waals surface area contributed by atoms with Crippen molar-refractivity contribution in [3.63, 3.8) is 0 Å². The van der Waals surface area contributed by atoms with Crippen LogP contribution in [0.4, 0.5) is 0 Å². The summed E-state index contributed by atoms with van der Waals surface area (Å²) in [5.41, 5.74) is 0.0258. The Hall–Kier alpha value is -0.130. The molecule has 0 saturated heterocycles. The molecule has 2 fully saturated rings. The van der Waals surface area contributed by atoms with Gasteiger partial charge in [-0.25, -0.2) is 8.42 Å². The molecule has 18 heavy (non-hydrogen) atoms. The first kappa shape index (κ1) is 14.3. The van der Waals surface area contributed by atoms with Crippen molar-refractivity contribution in [2.24, 2.45) is 0 Å². The Bertz CT molecular complexity index is 370. The molecule has 0 bridgehead atoms. The van der Waals surface area contributed by atoms with Crippen molar-refractivity contribution in [1.82, 2.24) is 5.32 Å². The van der Waals surface area contributed by atoms with E-state index in [4.69, 9.17) is 4.74 Å². The monoisotopic (exact) mass is 275 g/mol. The summed E-state index contributed by atoms with van der Waals surface area (Å²) in [6, 6.07) is 0.339. The predicted molar refractivity (Wildman–Crippen MR) is 72.5 cm³/mol. The fourth-order valence-corrected chi connectivity index (χ4v) is 4.25. The van der Waals surface area contributed by atoms with Gasteiger partial charge in [-0.2, -0.15) is 0 Å². The van der Waals surface area contributed by atoms with Crippen LogP contribution >= 0.6 is 0 Å². The molecule has 2 atom stereocenters. The van der Waals surface area contributed by atoms with E-state index in [-0.39, 0.29) is 10.9 Å². The van der Waals surface area contributed by atoms with Gasteiger partial charge in [0.05, 0.1) is 10.9 Å². The molecule has 4 nitrogen and oxygen atoms in total. The molecule has 2 rings (SSSR count). The quantitative estimate of drug-likeness (QED) is 0.826. The van der Waals surface area contributed by atoms with E-state index in [2.05, 4.69) is 5.32 Å². The van der Waals surface area contributed by atoms with Crippen LogP contribution in [0.15, 0.2) is 0 Å². The lowest BCUT2D eigenvalue weighted by Crippen LogP contribution is -2.51. The van der Waals surface area contributed by atoms with E-state index in [0.29, 0.717) is 6.04 Å². The van der Waals surface area contributed by atoms with Gasteiger partial charge in [-0.3, -0.25) is 0 Å². The Balaban J connectivity index is 1.83. The fourth-order valence-electron chi connectivity index (χ4n) is 3.07. The minimum atomic E-state index is -2.88. The maximum absolute atomic E-state index is 11.6. The number of hydrogen-bond donors (Lipinski definition) is 1. The Labute approximate surface area is 110 Å². The predicted octanol–water partition coefficient (Wildman–Crippen LogP) is 1.50. The maximum atomic E-state index is 11.6. The number of hydrogen-bond acceptors (Lipinski definition) is 4. The maximum Gasteiger partial charge on any atom is 0.150 e. The first-order chi connectivity index (χ1) is 8.45. The fraction of sp³-hybridized carbons (Fsp3) is 1.00.